The fourth-order valence-electron chi connectivity index (χ4n) is 3.43. The van der Waals surface area contributed by atoms with Gasteiger partial charge < -0.3 is 0 Å². The summed E-state index contributed by atoms with van der Waals surface area (Å²) >= 11 is 0. The molecule has 0 N–H and O–H groups in total. The average Bonchev–Trinajstić information content (AvgIpc) is 2.89. The van der Waals surface area contributed by atoms with Crippen LogP contribution in [-0.2, 0) is 0 Å². The molecule has 0 fully saturated rings. The number of nitrogens with zero attached hydrogens (tertiary/aromatic N) is 2. The number of aryl methyl sites for hydroxylation is 3. The third-order valence-corrected chi connectivity index (χ3v) is 4.86. The molecular weight excluding hydrogens is 400 g/mol. The summed E-state index contributed by atoms with van der Waals surface area (Å²) in [6.45, 7) is 18.2. The molecule has 1 heterocycles. The Bertz CT molecular complexity index is 1040. The average molecular weight is 441 g/mol. The normalized spacial score (nSPS) is 9.36. The lowest BCUT2D eigenvalue weighted by molar-refractivity contribution is 1.07. The van der Waals surface area contributed by atoms with Crippen LogP contribution in [0, 0.1) is 20.8 Å². The molecule has 0 unspecified atom stereocenters. The van der Waals surface area contributed by atoms with E-state index in [4.69, 9.17) is 9.97 Å². The zero-order chi connectivity index (χ0) is 24.8. The third kappa shape index (κ3) is 7.39. The van der Waals surface area contributed by atoms with Crippen LogP contribution in [0.1, 0.15) is 58.5 Å². The molecule has 1 aromatic heterocycles. The van der Waals surface area contributed by atoms with Crippen molar-refractivity contribution in [2.75, 3.05) is 0 Å². The second kappa shape index (κ2) is 14.7. The minimum Gasteiger partial charge on any atom is -0.233 e. The van der Waals surface area contributed by atoms with Crippen molar-refractivity contribution in [1.82, 2.24) is 9.97 Å². The molecule has 4 rings (SSSR count). The first-order chi connectivity index (χ1) is 16.1. The van der Waals surface area contributed by atoms with Crippen LogP contribution in [0.3, 0.4) is 0 Å². The van der Waals surface area contributed by atoms with E-state index in [2.05, 4.69) is 93.6 Å². The maximum absolute atomic E-state index is 4.79. The minimum atomic E-state index is 0.778. The predicted octanol–water partition coefficient (Wildman–Crippen LogP) is 9.48. The molecule has 0 aliphatic heterocycles. The van der Waals surface area contributed by atoms with Crippen molar-refractivity contribution >= 4 is 0 Å². The van der Waals surface area contributed by atoms with E-state index in [1.807, 2.05) is 47.6 Å². The standard InChI is InChI=1S/C25H22N2.3C2H6/c1-17-9-11-22(12-10-17)24-18(2)26-25(27-19(24)3)23-15-13-21(14-16-23)20-7-5-4-6-8-20;3*1-2/h4-16H,1-3H3;3*1-2H3. The fourth-order valence-corrected chi connectivity index (χ4v) is 3.43. The summed E-state index contributed by atoms with van der Waals surface area (Å²) in [4.78, 5) is 9.59. The molecule has 0 aliphatic rings. The molecule has 3 aromatic carbocycles. The highest BCUT2D eigenvalue weighted by atomic mass is 14.9. The van der Waals surface area contributed by atoms with E-state index in [1.165, 1.54) is 22.3 Å². The van der Waals surface area contributed by atoms with Crippen molar-refractivity contribution < 1.29 is 0 Å². The molecule has 2 heteroatoms. The molecule has 4 aromatic rings. The van der Waals surface area contributed by atoms with Crippen LogP contribution in [0.2, 0.25) is 0 Å². The summed E-state index contributed by atoms with van der Waals surface area (Å²) in [5.41, 5.74) is 9.01. The van der Waals surface area contributed by atoms with Crippen LogP contribution in [0.25, 0.3) is 33.6 Å². The van der Waals surface area contributed by atoms with Crippen LogP contribution in [0.15, 0.2) is 78.9 Å². The smallest absolute Gasteiger partial charge is 0.159 e. The van der Waals surface area contributed by atoms with E-state index in [0.29, 0.717) is 0 Å². The van der Waals surface area contributed by atoms with Crippen LogP contribution < -0.4 is 0 Å². The molecule has 0 bridgehead atoms. The highest BCUT2D eigenvalue weighted by Gasteiger charge is 2.12. The summed E-state index contributed by atoms with van der Waals surface area (Å²) in [6, 6.07) is 27.4. The summed E-state index contributed by atoms with van der Waals surface area (Å²) in [5.74, 6) is 0.778. The maximum Gasteiger partial charge on any atom is 0.159 e. The Hall–Kier alpha value is -3.26. The van der Waals surface area contributed by atoms with Gasteiger partial charge in [0.05, 0.1) is 0 Å². The number of rotatable bonds is 3. The Morgan fingerprint density at radius 3 is 1.30 bits per heavy atom. The van der Waals surface area contributed by atoms with Gasteiger partial charge in [-0.1, -0.05) is 126 Å². The Kier molecular flexibility index (Phi) is 12.4. The molecule has 33 heavy (non-hydrogen) atoms. The molecule has 0 saturated carbocycles. The largest absolute Gasteiger partial charge is 0.233 e. The maximum atomic E-state index is 4.79. The minimum absolute atomic E-state index is 0.778. The SMILES string of the molecule is CC.CC.CC.Cc1ccc(-c2c(C)nc(-c3ccc(-c4ccccc4)cc3)nc2C)cc1. The molecule has 0 radical (unpaired) electrons. The van der Waals surface area contributed by atoms with E-state index >= 15 is 0 Å². The first-order valence-electron chi connectivity index (χ1n) is 12.2. The van der Waals surface area contributed by atoms with Gasteiger partial charge >= 0.3 is 0 Å². The monoisotopic (exact) mass is 440 g/mol. The van der Waals surface area contributed by atoms with Crippen molar-refractivity contribution in [1.29, 1.82) is 0 Å². The van der Waals surface area contributed by atoms with Gasteiger partial charge in [0, 0.05) is 22.5 Å². The van der Waals surface area contributed by atoms with Gasteiger partial charge in [0.15, 0.2) is 5.82 Å². The van der Waals surface area contributed by atoms with E-state index in [9.17, 15) is 0 Å². The van der Waals surface area contributed by atoms with Crippen LogP contribution >= 0.6 is 0 Å². The lowest BCUT2D eigenvalue weighted by Gasteiger charge is -2.12. The summed E-state index contributed by atoms with van der Waals surface area (Å²) in [5, 5.41) is 0. The van der Waals surface area contributed by atoms with Gasteiger partial charge in [-0.3, -0.25) is 0 Å². The lowest BCUT2D eigenvalue weighted by Crippen LogP contribution is -1.99. The van der Waals surface area contributed by atoms with Gasteiger partial charge in [-0.2, -0.15) is 0 Å². The van der Waals surface area contributed by atoms with Gasteiger partial charge in [0.1, 0.15) is 0 Å². The van der Waals surface area contributed by atoms with Gasteiger partial charge in [-0.15, -0.1) is 0 Å². The number of hydrogen-bond acceptors (Lipinski definition) is 2. The fraction of sp³-hybridized carbons (Fsp3) is 0.290. The summed E-state index contributed by atoms with van der Waals surface area (Å²) in [7, 11) is 0. The number of hydrogen-bond donors (Lipinski definition) is 0. The van der Waals surface area contributed by atoms with E-state index in [-0.39, 0.29) is 0 Å². The molecule has 0 atom stereocenters. The second-order valence-electron chi connectivity index (χ2n) is 6.90. The van der Waals surface area contributed by atoms with E-state index < -0.39 is 0 Å². The number of benzene rings is 3. The van der Waals surface area contributed by atoms with E-state index in [1.54, 1.807) is 0 Å². The molecule has 174 valence electrons. The lowest BCUT2D eigenvalue weighted by atomic mass is 10.0. The Balaban J connectivity index is 0.000000841. The molecule has 0 spiro atoms. The van der Waals surface area contributed by atoms with Gasteiger partial charge in [0.25, 0.3) is 0 Å². The van der Waals surface area contributed by atoms with Crippen molar-refractivity contribution in [3.8, 4) is 33.6 Å². The highest BCUT2D eigenvalue weighted by molar-refractivity contribution is 5.71. The first kappa shape index (κ1) is 27.8. The van der Waals surface area contributed by atoms with Gasteiger partial charge in [0.2, 0.25) is 0 Å². The molecule has 0 amide bonds. The van der Waals surface area contributed by atoms with Crippen LogP contribution in [-0.4, -0.2) is 9.97 Å². The Morgan fingerprint density at radius 1 is 0.424 bits per heavy atom. The first-order valence-corrected chi connectivity index (χ1v) is 12.2. The van der Waals surface area contributed by atoms with Crippen LogP contribution in [0.4, 0.5) is 0 Å². The van der Waals surface area contributed by atoms with Crippen molar-refractivity contribution in [2.45, 2.75) is 62.3 Å². The van der Waals surface area contributed by atoms with Crippen molar-refractivity contribution in [2.24, 2.45) is 0 Å². The molecular formula is C31H40N2. The van der Waals surface area contributed by atoms with E-state index in [0.717, 1.165) is 28.3 Å². The quantitative estimate of drug-likeness (QED) is 0.317. The summed E-state index contributed by atoms with van der Waals surface area (Å²) in [6.07, 6.45) is 0. The molecule has 0 saturated heterocycles. The third-order valence-electron chi connectivity index (χ3n) is 4.86. The molecule has 2 nitrogen and oxygen atoms in total. The highest BCUT2D eigenvalue weighted by Crippen LogP contribution is 2.29. The predicted molar refractivity (Wildman–Crippen MR) is 147 cm³/mol. The number of aromatic nitrogens is 2. The van der Waals surface area contributed by atoms with Gasteiger partial charge in [-0.25, -0.2) is 9.97 Å². The van der Waals surface area contributed by atoms with Gasteiger partial charge in [-0.05, 0) is 37.5 Å². The topological polar surface area (TPSA) is 25.8 Å². The Labute approximate surface area is 201 Å². The zero-order valence-corrected chi connectivity index (χ0v) is 21.9. The second-order valence-corrected chi connectivity index (χ2v) is 6.90. The molecule has 0 aliphatic carbocycles. The van der Waals surface area contributed by atoms with Crippen molar-refractivity contribution in [3.05, 3.63) is 95.8 Å². The van der Waals surface area contributed by atoms with Crippen molar-refractivity contribution in [3.63, 3.8) is 0 Å². The van der Waals surface area contributed by atoms with Crippen LogP contribution in [0.5, 0.6) is 0 Å². The Morgan fingerprint density at radius 2 is 0.818 bits per heavy atom. The summed E-state index contributed by atoms with van der Waals surface area (Å²) < 4.78 is 0. The zero-order valence-electron chi connectivity index (χ0n) is 21.9.